The molecule has 1 aromatic carbocycles. The zero-order chi connectivity index (χ0) is 17.4. The van der Waals surface area contributed by atoms with Gasteiger partial charge in [-0.3, -0.25) is 29.4 Å². The standard InChI is InChI=1S/C16H21N3O4/c1-11-8-13(17-3)5-6-14(11)16(23)19(10-21)12(2)4-7-15(22)18-9-20/h5-6,8-10,12,17H,4,7H2,1-3H3,(H,18,20,22). The predicted octanol–water partition coefficient (Wildman–Crippen LogP) is 1.08. The predicted molar refractivity (Wildman–Crippen MR) is 85.9 cm³/mol. The number of amides is 4. The molecular weight excluding hydrogens is 298 g/mol. The lowest BCUT2D eigenvalue weighted by molar-refractivity contribution is -0.126. The molecule has 0 radical (unpaired) electrons. The van der Waals surface area contributed by atoms with Crippen molar-refractivity contribution in [3.63, 3.8) is 0 Å². The third-order valence-electron chi connectivity index (χ3n) is 3.58. The third kappa shape index (κ3) is 4.91. The zero-order valence-electron chi connectivity index (χ0n) is 13.5. The van der Waals surface area contributed by atoms with E-state index in [1.165, 1.54) is 0 Å². The Labute approximate surface area is 135 Å². The van der Waals surface area contributed by atoms with E-state index >= 15 is 0 Å². The SMILES string of the molecule is CNc1ccc(C(=O)N(C=O)C(C)CCC(=O)NC=O)c(C)c1. The molecule has 0 heterocycles. The Hall–Kier alpha value is -2.70. The van der Waals surface area contributed by atoms with Crippen molar-refractivity contribution in [1.29, 1.82) is 0 Å². The van der Waals surface area contributed by atoms with Crippen LogP contribution in [-0.4, -0.2) is 42.6 Å². The Morgan fingerprint density at radius 1 is 1.30 bits per heavy atom. The first-order chi connectivity index (χ1) is 10.9. The molecule has 1 aromatic rings. The molecule has 7 nitrogen and oxygen atoms in total. The number of imide groups is 2. The highest BCUT2D eigenvalue weighted by atomic mass is 16.2. The van der Waals surface area contributed by atoms with E-state index in [9.17, 15) is 19.2 Å². The van der Waals surface area contributed by atoms with Crippen molar-refractivity contribution >= 4 is 30.3 Å². The van der Waals surface area contributed by atoms with Gasteiger partial charge in [-0.15, -0.1) is 0 Å². The average Bonchev–Trinajstić information content (AvgIpc) is 2.53. The Balaban J connectivity index is 2.83. The summed E-state index contributed by atoms with van der Waals surface area (Å²) in [5.41, 5.74) is 2.05. The van der Waals surface area contributed by atoms with Gasteiger partial charge in [0.1, 0.15) is 0 Å². The summed E-state index contributed by atoms with van der Waals surface area (Å²) >= 11 is 0. The number of benzene rings is 1. The highest BCUT2D eigenvalue weighted by Gasteiger charge is 2.23. The van der Waals surface area contributed by atoms with E-state index in [4.69, 9.17) is 0 Å². The first kappa shape index (κ1) is 18.3. The Bertz CT molecular complexity index is 601. The van der Waals surface area contributed by atoms with Gasteiger partial charge in [-0.2, -0.15) is 0 Å². The van der Waals surface area contributed by atoms with E-state index in [1.807, 2.05) is 11.4 Å². The molecule has 1 rings (SSSR count). The molecule has 2 N–H and O–H groups in total. The molecular formula is C16H21N3O4. The minimum Gasteiger partial charge on any atom is -0.388 e. The van der Waals surface area contributed by atoms with Crippen molar-refractivity contribution < 1.29 is 19.2 Å². The van der Waals surface area contributed by atoms with Crippen LogP contribution in [0.1, 0.15) is 35.7 Å². The molecule has 4 amide bonds. The zero-order valence-corrected chi connectivity index (χ0v) is 13.5. The first-order valence-electron chi connectivity index (χ1n) is 7.24. The summed E-state index contributed by atoms with van der Waals surface area (Å²) < 4.78 is 0. The van der Waals surface area contributed by atoms with Crippen LogP contribution in [0.2, 0.25) is 0 Å². The van der Waals surface area contributed by atoms with Crippen LogP contribution in [0.25, 0.3) is 0 Å². The van der Waals surface area contributed by atoms with Crippen LogP contribution in [0, 0.1) is 6.92 Å². The van der Waals surface area contributed by atoms with Crippen LogP contribution in [0.3, 0.4) is 0 Å². The summed E-state index contributed by atoms with van der Waals surface area (Å²) in [5, 5.41) is 5.00. The number of anilines is 1. The van der Waals surface area contributed by atoms with Crippen molar-refractivity contribution in [2.45, 2.75) is 32.7 Å². The Kier molecular flexibility index (Phi) is 6.92. The lowest BCUT2D eigenvalue weighted by Gasteiger charge is -2.24. The normalized spacial score (nSPS) is 11.3. The molecule has 1 unspecified atom stereocenters. The van der Waals surface area contributed by atoms with Crippen molar-refractivity contribution in [2.75, 3.05) is 12.4 Å². The molecule has 124 valence electrons. The molecule has 0 spiro atoms. The quantitative estimate of drug-likeness (QED) is 0.699. The summed E-state index contributed by atoms with van der Waals surface area (Å²) in [6.07, 6.45) is 1.10. The molecule has 1 atom stereocenters. The lowest BCUT2D eigenvalue weighted by atomic mass is 10.0. The van der Waals surface area contributed by atoms with Gasteiger partial charge in [-0.1, -0.05) is 0 Å². The van der Waals surface area contributed by atoms with Crippen molar-refractivity contribution in [3.05, 3.63) is 29.3 Å². The number of carbonyl (C=O) groups excluding carboxylic acids is 4. The fourth-order valence-electron chi connectivity index (χ4n) is 2.17. The second-order valence-electron chi connectivity index (χ2n) is 5.17. The van der Waals surface area contributed by atoms with Gasteiger partial charge < -0.3 is 5.32 Å². The van der Waals surface area contributed by atoms with E-state index in [-0.39, 0.29) is 12.8 Å². The third-order valence-corrected chi connectivity index (χ3v) is 3.58. The van der Waals surface area contributed by atoms with E-state index in [0.29, 0.717) is 18.4 Å². The topological polar surface area (TPSA) is 95.6 Å². The van der Waals surface area contributed by atoms with Gasteiger partial charge in [0, 0.05) is 30.8 Å². The minimum absolute atomic E-state index is 0.0508. The average molecular weight is 319 g/mol. The second kappa shape index (κ2) is 8.67. The van der Waals surface area contributed by atoms with Gasteiger partial charge in [0.15, 0.2) is 0 Å². The summed E-state index contributed by atoms with van der Waals surface area (Å²) in [7, 11) is 1.78. The fourth-order valence-corrected chi connectivity index (χ4v) is 2.17. The van der Waals surface area contributed by atoms with Crippen LogP contribution < -0.4 is 10.6 Å². The molecule has 0 fully saturated rings. The van der Waals surface area contributed by atoms with Crippen molar-refractivity contribution in [3.8, 4) is 0 Å². The van der Waals surface area contributed by atoms with Crippen molar-refractivity contribution in [2.24, 2.45) is 0 Å². The van der Waals surface area contributed by atoms with Crippen molar-refractivity contribution in [1.82, 2.24) is 10.2 Å². The van der Waals surface area contributed by atoms with Gasteiger partial charge in [0.25, 0.3) is 5.91 Å². The smallest absolute Gasteiger partial charge is 0.260 e. The number of hydrogen-bond acceptors (Lipinski definition) is 5. The molecule has 0 aromatic heterocycles. The van der Waals surface area contributed by atoms with Gasteiger partial charge in [-0.25, -0.2) is 0 Å². The van der Waals surface area contributed by atoms with Gasteiger partial charge >= 0.3 is 0 Å². The van der Waals surface area contributed by atoms with E-state index < -0.39 is 17.9 Å². The van der Waals surface area contributed by atoms with Crippen LogP contribution in [0.15, 0.2) is 18.2 Å². The molecule has 7 heteroatoms. The van der Waals surface area contributed by atoms with Crippen LogP contribution in [-0.2, 0) is 14.4 Å². The van der Waals surface area contributed by atoms with E-state index in [2.05, 4.69) is 5.32 Å². The Morgan fingerprint density at radius 2 is 2.00 bits per heavy atom. The molecule has 0 saturated heterocycles. The molecule has 23 heavy (non-hydrogen) atoms. The number of carbonyl (C=O) groups is 4. The first-order valence-corrected chi connectivity index (χ1v) is 7.24. The fraction of sp³-hybridized carbons (Fsp3) is 0.375. The lowest BCUT2D eigenvalue weighted by Crippen LogP contribution is -2.38. The maximum atomic E-state index is 12.5. The van der Waals surface area contributed by atoms with Gasteiger partial charge in [0.05, 0.1) is 0 Å². The van der Waals surface area contributed by atoms with Crippen LogP contribution in [0.5, 0.6) is 0 Å². The number of hydrogen-bond donors (Lipinski definition) is 2. The minimum atomic E-state index is -0.458. The molecule has 0 saturated carbocycles. The largest absolute Gasteiger partial charge is 0.388 e. The van der Waals surface area contributed by atoms with Gasteiger partial charge in [-0.05, 0) is 44.0 Å². The number of nitrogens with zero attached hydrogens (tertiary/aromatic N) is 1. The van der Waals surface area contributed by atoms with Crippen LogP contribution >= 0.6 is 0 Å². The maximum Gasteiger partial charge on any atom is 0.260 e. The summed E-state index contributed by atoms with van der Waals surface area (Å²) in [4.78, 5) is 46.3. The second-order valence-corrected chi connectivity index (χ2v) is 5.17. The molecule has 0 bridgehead atoms. The molecule has 0 aliphatic heterocycles. The van der Waals surface area contributed by atoms with E-state index in [0.717, 1.165) is 16.2 Å². The molecule has 0 aliphatic rings. The molecule has 0 aliphatic carbocycles. The number of aryl methyl sites for hydroxylation is 1. The van der Waals surface area contributed by atoms with E-state index in [1.54, 1.807) is 33.0 Å². The summed E-state index contributed by atoms with van der Waals surface area (Å²) in [6.45, 7) is 3.47. The monoisotopic (exact) mass is 319 g/mol. The maximum absolute atomic E-state index is 12.5. The number of rotatable bonds is 8. The Morgan fingerprint density at radius 3 is 2.52 bits per heavy atom. The highest BCUT2D eigenvalue weighted by molar-refractivity contribution is 6.01. The summed E-state index contributed by atoms with van der Waals surface area (Å²) in [5.74, 6) is -0.858. The highest BCUT2D eigenvalue weighted by Crippen LogP contribution is 2.18. The van der Waals surface area contributed by atoms with Crippen LogP contribution in [0.4, 0.5) is 5.69 Å². The van der Waals surface area contributed by atoms with Gasteiger partial charge in [0.2, 0.25) is 18.7 Å². The summed E-state index contributed by atoms with van der Waals surface area (Å²) in [6, 6.07) is 4.77. The number of nitrogens with one attached hydrogen (secondary N) is 2.